The van der Waals surface area contributed by atoms with Crippen molar-refractivity contribution in [1.82, 2.24) is 4.90 Å². The highest BCUT2D eigenvalue weighted by atomic mass is 35.5. The van der Waals surface area contributed by atoms with Gasteiger partial charge in [0.15, 0.2) is 0 Å². The number of rotatable bonds is 7. The number of halogens is 1. The van der Waals surface area contributed by atoms with Gasteiger partial charge in [0, 0.05) is 16.7 Å². The summed E-state index contributed by atoms with van der Waals surface area (Å²) >= 11 is 13.8. The number of amides is 1. The molecule has 0 spiro atoms. The van der Waals surface area contributed by atoms with Gasteiger partial charge in [-0.2, -0.15) is 11.8 Å². The first-order valence-corrected chi connectivity index (χ1v) is 11.2. The third-order valence-corrected chi connectivity index (χ3v) is 6.27. The molecule has 1 aromatic carbocycles. The van der Waals surface area contributed by atoms with Crippen LogP contribution >= 0.6 is 47.3 Å². The van der Waals surface area contributed by atoms with Gasteiger partial charge in [0.25, 0.3) is 5.91 Å². The van der Waals surface area contributed by atoms with Crippen molar-refractivity contribution in [2.75, 3.05) is 12.0 Å². The molecule has 28 heavy (non-hydrogen) atoms. The van der Waals surface area contributed by atoms with Crippen LogP contribution in [0.15, 0.2) is 45.7 Å². The molecule has 1 saturated heterocycles. The average Bonchev–Trinajstić information content (AvgIpc) is 3.22. The summed E-state index contributed by atoms with van der Waals surface area (Å²) in [5.74, 6) is 0.279. The number of carbonyl (C=O) groups is 2. The Hall–Kier alpha value is -1.74. The van der Waals surface area contributed by atoms with Crippen LogP contribution in [0.2, 0.25) is 5.02 Å². The van der Waals surface area contributed by atoms with Crippen LogP contribution in [-0.2, 0) is 9.59 Å². The molecule has 1 atom stereocenters. The van der Waals surface area contributed by atoms with Crippen LogP contribution in [0.3, 0.4) is 0 Å². The van der Waals surface area contributed by atoms with Gasteiger partial charge >= 0.3 is 5.97 Å². The molecule has 0 bridgehead atoms. The Balaban J connectivity index is 1.82. The van der Waals surface area contributed by atoms with Crippen molar-refractivity contribution in [2.45, 2.75) is 12.5 Å². The fourth-order valence-corrected chi connectivity index (χ4v) is 4.59. The van der Waals surface area contributed by atoms with E-state index < -0.39 is 17.9 Å². The maximum Gasteiger partial charge on any atom is 0.326 e. The molecule has 3 rings (SSSR count). The van der Waals surface area contributed by atoms with Gasteiger partial charge in [-0.25, -0.2) is 4.79 Å². The first-order valence-electron chi connectivity index (χ1n) is 8.25. The number of benzene rings is 1. The maximum atomic E-state index is 12.8. The zero-order valence-electron chi connectivity index (χ0n) is 14.8. The molecule has 9 heteroatoms. The molecule has 2 heterocycles. The lowest BCUT2D eigenvalue weighted by molar-refractivity contribution is -0.145. The second-order valence-electron chi connectivity index (χ2n) is 5.90. The highest BCUT2D eigenvalue weighted by Gasteiger charge is 2.40. The van der Waals surface area contributed by atoms with Crippen molar-refractivity contribution in [3.05, 3.63) is 52.1 Å². The van der Waals surface area contributed by atoms with Crippen LogP contribution < -0.4 is 0 Å². The number of nitrogens with zero attached hydrogens (tertiary/aromatic N) is 1. The van der Waals surface area contributed by atoms with Crippen molar-refractivity contribution in [3.63, 3.8) is 0 Å². The molecule has 1 aliphatic rings. The summed E-state index contributed by atoms with van der Waals surface area (Å²) in [7, 11) is 0. The molecule has 0 aliphatic carbocycles. The SMILES string of the molecule is CSCCC(C(=O)O)N1C(=O)/C(=C/c2ccc(-c3ccc(Cl)cc3)o2)SC1=S. The van der Waals surface area contributed by atoms with E-state index in [4.69, 9.17) is 28.2 Å². The highest BCUT2D eigenvalue weighted by Crippen LogP contribution is 2.35. The Morgan fingerprint density at radius 2 is 2.07 bits per heavy atom. The first-order chi connectivity index (χ1) is 13.4. The van der Waals surface area contributed by atoms with Crippen LogP contribution in [0.1, 0.15) is 12.2 Å². The molecule has 1 N–H and O–H groups in total. The quantitative estimate of drug-likeness (QED) is 0.466. The number of furan rings is 1. The minimum Gasteiger partial charge on any atom is -0.480 e. The summed E-state index contributed by atoms with van der Waals surface area (Å²) in [6, 6.07) is 9.80. The molecule has 1 fully saturated rings. The number of carboxylic acid groups (broad SMARTS) is 1. The van der Waals surface area contributed by atoms with E-state index in [0.29, 0.717) is 33.6 Å². The Kier molecular flexibility index (Phi) is 6.87. The summed E-state index contributed by atoms with van der Waals surface area (Å²) in [5, 5.41) is 10.1. The van der Waals surface area contributed by atoms with E-state index in [0.717, 1.165) is 17.3 Å². The molecule has 1 aliphatic heterocycles. The first kappa shape index (κ1) is 21.0. The molecular formula is C19H16ClNO4S3. The fraction of sp³-hybridized carbons (Fsp3) is 0.211. The standard InChI is InChI=1S/C19H16ClNO4S3/c1-27-9-8-14(18(23)24)21-17(22)16(28-19(21)26)10-13-6-7-15(25-13)11-2-4-12(20)5-3-11/h2-7,10,14H,8-9H2,1H3,(H,23,24)/b16-10-. The number of thioether (sulfide) groups is 2. The molecule has 146 valence electrons. The lowest BCUT2D eigenvalue weighted by Crippen LogP contribution is -2.44. The zero-order valence-corrected chi connectivity index (χ0v) is 18.0. The zero-order chi connectivity index (χ0) is 20.3. The van der Waals surface area contributed by atoms with E-state index >= 15 is 0 Å². The average molecular weight is 454 g/mol. The van der Waals surface area contributed by atoms with Gasteiger partial charge in [0.05, 0.1) is 4.91 Å². The molecule has 0 radical (unpaired) electrons. The molecule has 1 aromatic heterocycles. The topological polar surface area (TPSA) is 70.8 Å². The second kappa shape index (κ2) is 9.17. The monoisotopic (exact) mass is 453 g/mol. The van der Waals surface area contributed by atoms with Crippen LogP contribution in [-0.4, -0.2) is 44.3 Å². The van der Waals surface area contributed by atoms with E-state index in [1.165, 1.54) is 16.7 Å². The van der Waals surface area contributed by atoms with Gasteiger partial charge in [-0.1, -0.05) is 35.6 Å². The summed E-state index contributed by atoms with van der Waals surface area (Å²) in [5.41, 5.74) is 0.861. The van der Waals surface area contributed by atoms with E-state index in [1.807, 2.05) is 18.4 Å². The lowest BCUT2D eigenvalue weighted by atomic mass is 10.2. The Morgan fingerprint density at radius 1 is 1.36 bits per heavy atom. The number of carboxylic acids is 1. The van der Waals surface area contributed by atoms with Gasteiger partial charge in [-0.3, -0.25) is 9.69 Å². The van der Waals surface area contributed by atoms with Gasteiger partial charge in [-0.15, -0.1) is 0 Å². The molecule has 1 amide bonds. The third-order valence-electron chi connectivity index (χ3n) is 4.04. The van der Waals surface area contributed by atoms with Crippen LogP contribution in [0.4, 0.5) is 0 Å². The molecular weight excluding hydrogens is 438 g/mol. The molecule has 5 nitrogen and oxygen atoms in total. The van der Waals surface area contributed by atoms with Crippen LogP contribution in [0.25, 0.3) is 17.4 Å². The van der Waals surface area contributed by atoms with Crippen molar-refractivity contribution in [1.29, 1.82) is 0 Å². The third kappa shape index (κ3) is 4.63. The Labute approximate surface area is 181 Å². The summed E-state index contributed by atoms with van der Waals surface area (Å²) in [4.78, 5) is 25.9. The van der Waals surface area contributed by atoms with Gasteiger partial charge in [0.2, 0.25) is 0 Å². The van der Waals surface area contributed by atoms with Crippen LogP contribution in [0, 0.1) is 0 Å². The van der Waals surface area contributed by atoms with Gasteiger partial charge in [0.1, 0.15) is 21.9 Å². The second-order valence-corrected chi connectivity index (χ2v) is 8.99. The molecule has 2 aromatic rings. The molecule has 0 saturated carbocycles. The predicted molar refractivity (Wildman–Crippen MR) is 119 cm³/mol. The highest BCUT2D eigenvalue weighted by molar-refractivity contribution is 8.26. The fourth-order valence-electron chi connectivity index (χ4n) is 2.67. The van der Waals surface area contributed by atoms with E-state index in [9.17, 15) is 14.7 Å². The predicted octanol–water partition coefficient (Wildman–Crippen LogP) is 5.01. The van der Waals surface area contributed by atoms with Gasteiger partial charge in [-0.05, 0) is 54.8 Å². The van der Waals surface area contributed by atoms with E-state index in [-0.39, 0.29) is 4.32 Å². The maximum absolute atomic E-state index is 12.8. The number of aliphatic carboxylic acids is 1. The van der Waals surface area contributed by atoms with Crippen molar-refractivity contribution in [3.8, 4) is 11.3 Å². The van der Waals surface area contributed by atoms with Crippen molar-refractivity contribution >= 4 is 69.6 Å². The van der Waals surface area contributed by atoms with Crippen LogP contribution in [0.5, 0.6) is 0 Å². The van der Waals surface area contributed by atoms with Gasteiger partial charge < -0.3 is 9.52 Å². The van der Waals surface area contributed by atoms with Crippen molar-refractivity contribution < 1.29 is 19.1 Å². The minimum absolute atomic E-state index is 0.245. The summed E-state index contributed by atoms with van der Waals surface area (Å²) < 4.78 is 6.04. The van der Waals surface area contributed by atoms with Crippen molar-refractivity contribution in [2.24, 2.45) is 0 Å². The normalized spacial score (nSPS) is 16.8. The number of carbonyl (C=O) groups excluding carboxylic acids is 1. The number of hydrogen-bond acceptors (Lipinski definition) is 6. The molecule has 1 unspecified atom stereocenters. The Morgan fingerprint density at radius 3 is 2.71 bits per heavy atom. The summed E-state index contributed by atoms with van der Waals surface area (Å²) in [6.07, 6.45) is 3.81. The largest absolute Gasteiger partial charge is 0.480 e. The lowest BCUT2D eigenvalue weighted by Gasteiger charge is -2.22. The number of thiocarbonyl (C=S) groups is 1. The summed E-state index contributed by atoms with van der Waals surface area (Å²) in [6.45, 7) is 0. The van der Waals surface area contributed by atoms with E-state index in [2.05, 4.69) is 0 Å². The smallest absolute Gasteiger partial charge is 0.326 e. The van der Waals surface area contributed by atoms with E-state index in [1.54, 1.807) is 30.3 Å². The Bertz CT molecular complexity index is 939. The minimum atomic E-state index is -1.06. The number of hydrogen-bond donors (Lipinski definition) is 1.